The molecule has 2 heterocycles. The number of para-hydroxylation sites is 1. The molecule has 5 N–H and O–H groups in total. The van der Waals surface area contributed by atoms with Crippen molar-refractivity contribution in [2.24, 2.45) is 0 Å². The SMILES string of the molecule is COc1nc(N)c2cccc([C@@H]3O[C@H](CO)[C@@H](O)[C@H]3O)c2n1. The van der Waals surface area contributed by atoms with Gasteiger partial charge in [-0.05, 0) is 6.07 Å². The second-order valence-electron chi connectivity index (χ2n) is 5.10. The van der Waals surface area contributed by atoms with Crippen LogP contribution in [0.15, 0.2) is 18.2 Å². The van der Waals surface area contributed by atoms with Crippen LogP contribution < -0.4 is 10.5 Å². The summed E-state index contributed by atoms with van der Waals surface area (Å²) in [6, 6.07) is 5.30. The predicted molar refractivity (Wildman–Crippen MR) is 77.2 cm³/mol. The third kappa shape index (κ3) is 2.26. The molecule has 4 atom stereocenters. The van der Waals surface area contributed by atoms with E-state index in [1.807, 2.05) is 0 Å². The minimum absolute atomic E-state index is 0.101. The summed E-state index contributed by atoms with van der Waals surface area (Å²) < 4.78 is 10.6. The summed E-state index contributed by atoms with van der Waals surface area (Å²) in [4.78, 5) is 8.27. The molecule has 1 aromatic carbocycles. The van der Waals surface area contributed by atoms with Gasteiger partial charge in [0.1, 0.15) is 30.2 Å². The van der Waals surface area contributed by atoms with E-state index in [-0.39, 0.29) is 18.4 Å². The summed E-state index contributed by atoms with van der Waals surface area (Å²) in [7, 11) is 1.43. The van der Waals surface area contributed by atoms with Gasteiger partial charge in [-0.15, -0.1) is 0 Å². The van der Waals surface area contributed by atoms with Crippen molar-refractivity contribution < 1.29 is 24.8 Å². The molecule has 1 aliphatic rings. The minimum atomic E-state index is -1.18. The number of fused-ring (bicyclic) bond motifs is 1. The molecule has 2 aromatic rings. The number of aromatic nitrogens is 2. The number of benzene rings is 1. The fraction of sp³-hybridized carbons (Fsp3) is 0.429. The van der Waals surface area contributed by atoms with Gasteiger partial charge in [0.05, 0.1) is 19.2 Å². The average Bonchev–Trinajstić information content (AvgIpc) is 2.82. The molecular formula is C14H17N3O5. The molecule has 0 aliphatic carbocycles. The number of methoxy groups -OCH3 is 1. The Labute approximate surface area is 126 Å². The molecule has 1 fully saturated rings. The van der Waals surface area contributed by atoms with Crippen molar-refractivity contribution in [3.63, 3.8) is 0 Å². The Morgan fingerprint density at radius 3 is 2.68 bits per heavy atom. The number of nitrogens with two attached hydrogens (primary N) is 1. The molecule has 1 saturated heterocycles. The Hall–Kier alpha value is -2.00. The van der Waals surface area contributed by atoms with Gasteiger partial charge in [-0.25, -0.2) is 0 Å². The molecule has 118 valence electrons. The topological polar surface area (TPSA) is 131 Å². The van der Waals surface area contributed by atoms with E-state index in [1.165, 1.54) is 7.11 Å². The van der Waals surface area contributed by atoms with Crippen molar-refractivity contribution >= 4 is 16.7 Å². The monoisotopic (exact) mass is 307 g/mol. The van der Waals surface area contributed by atoms with Gasteiger partial charge < -0.3 is 30.5 Å². The van der Waals surface area contributed by atoms with E-state index < -0.39 is 24.4 Å². The van der Waals surface area contributed by atoms with Gasteiger partial charge in [0, 0.05) is 10.9 Å². The van der Waals surface area contributed by atoms with Gasteiger partial charge >= 0.3 is 6.01 Å². The second-order valence-corrected chi connectivity index (χ2v) is 5.10. The number of ether oxygens (including phenoxy) is 2. The lowest BCUT2D eigenvalue weighted by Crippen LogP contribution is -2.32. The second kappa shape index (κ2) is 5.65. The maximum atomic E-state index is 10.2. The first kappa shape index (κ1) is 14.9. The Morgan fingerprint density at radius 1 is 1.27 bits per heavy atom. The largest absolute Gasteiger partial charge is 0.467 e. The average molecular weight is 307 g/mol. The zero-order chi connectivity index (χ0) is 15.9. The van der Waals surface area contributed by atoms with E-state index in [0.29, 0.717) is 16.5 Å². The summed E-state index contributed by atoms with van der Waals surface area (Å²) >= 11 is 0. The molecule has 22 heavy (non-hydrogen) atoms. The normalized spacial score (nSPS) is 28.2. The van der Waals surface area contributed by atoms with Crippen LogP contribution in [0.4, 0.5) is 5.82 Å². The zero-order valence-corrected chi connectivity index (χ0v) is 11.9. The van der Waals surface area contributed by atoms with Crippen LogP contribution in [0.2, 0.25) is 0 Å². The lowest BCUT2D eigenvalue weighted by atomic mass is 9.99. The highest BCUT2D eigenvalue weighted by atomic mass is 16.6. The van der Waals surface area contributed by atoms with Crippen molar-refractivity contribution in [2.45, 2.75) is 24.4 Å². The van der Waals surface area contributed by atoms with Crippen molar-refractivity contribution in [3.05, 3.63) is 23.8 Å². The van der Waals surface area contributed by atoms with Crippen LogP contribution in [-0.4, -0.2) is 57.3 Å². The number of hydrogen-bond donors (Lipinski definition) is 4. The molecule has 0 unspecified atom stereocenters. The smallest absolute Gasteiger partial charge is 0.318 e. The number of anilines is 1. The van der Waals surface area contributed by atoms with E-state index in [2.05, 4.69) is 9.97 Å². The maximum absolute atomic E-state index is 10.2. The summed E-state index contributed by atoms with van der Waals surface area (Å²) in [5.41, 5.74) is 6.91. The third-order valence-electron chi connectivity index (χ3n) is 3.80. The molecule has 0 spiro atoms. The summed E-state index contributed by atoms with van der Waals surface area (Å²) in [6.45, 7) is -0.389. The van der Waals surface area contributed by atoms with Crippen LogP contribution >= 0.6 is 0 Å². The Bertz CT molecular complexity index is 695. The molecule has 8 nitrogen and oxygen atoms in total. The summed E-state index contributed by atoms with van der Waals surface area (Å²) in [6.07, 6.45) is -4.03. The van der Waals surface area contributed by atoms with Crippen LogP contribution in [0.25, 0.3) is 10.9 Å². The third-order valence-corrected chi connectivity index (χ3v) is 3.80. The summed E-state index contributed by atoms with van der Waals surface area (Å²) in [5.74, 6) is 0.246. The van der Waals surface area contributed by atoms with Crippen LogP contribution in [0, 0.1) is 0 Å². The first-order valence-electron chi connectivity index (χ1n) is 6.79. The number of aliphatic hydroxyl groups excluding tert-OH is 3. The number of hydrogen-bond acceptors (Lipinski definition) is 8. The van der Waals surface area contributed by atoms with Gasteiger partial charge in [0.25, 0.3) is 0 Å². The fourth-order valence-corrected chi connectivity index (χ4v) is 2.65. The maximum Gasteiger partial charge on any atom is 0.318 e. The number of aliphatic hydroxyl groups is 3. The molecule has 1 aromatic heterocycles. The zero-order valence-electron chi connectivity index (χ0n) is 11.9. The predicted octanol–water partition coefficient (Wildman–Crippen LogP) is -0.625. The molecule has 0 radical (unpaired) electrons. The molecule has 0 amide bonds. The first-order chi connectivity index (χ1) is 10.6. The Morgan fingerprint density at radius 2 is 2.05 bits per heavy atom. The number of nitrogen functional groups attached to an aromatic ring is 1. The highest BCUT2D eigenvalue weighted by Crippen LogP contribution is 2.37. The number of rotatable bonds is 3. The highest BCUT2D eigenvalue weighted by molar-refractivity contribution is 5.90. The molecule has 0 bridgehead atoms. The van der Waals surface area contributed by atoms with E-state index >= 15 is 0 Å². The van der Waals surface area contributed by atoms with Crippen molar-refractivity contribution in [2.75, 3.05) is 19.5 Å². The standard InChI is InChI=1S/C14H17N3O5/c1-21-14-16-9-6(3-2-4-7(9)13(15)17-14)12-11(20)10(19)8(5-18)22-12/h2-4,8,10-12,18-20H,5H2,1H3,(H2,15,16,17)/t8-,10-,11-,12+/m1/s1. The van der Waals surface area contributed by atoms with E-state index in [4.69, 9.17) is 15.2 Å². The van der Waals surface area contributed by atoms with Gasteiger partial charge in [0.15, 0.2) is 0 Å². The van der Waals surface area contributed by atoms with Gasteiger partial charge in [0.2, 0.25) is 0 Å². The van der Waals surface area contributed by atoms with Gasteiger partial charge in [-0.3, -0.25) is 0 Å². The molecule has 1 aliphatic heterocycles. The van der Waals surface area contributed by atoms with Crippen molar-refractivity contribution in [1.29, 1.82) is 0 Å². The Kier molecular flexibility index (Phi) is 3.83. The van der Waals surface area contributed by atoms with Crippen molar-refractivity contribution in [3.8, 4) is 6.01 Å². The molecule has 0 saturated carbocycles. The molecule has 3 rings (SSSR count). The van der Waals surface area contributed by atoms with Crippen LogP contribution in [0.3, 0.4) is 0 Å². The quantitative estimate of drug-likeness (QED) is 0.590. The molecule has 8 heteroatoms. The lowest BCUT2D eigenvalue weighted by molar-refractivity contribution is -0.0224. The van der Waals surface area contributed by atoms with Gasteiger partial charge in [-0.2, -0.15) is 9.97 Å². The van der Waals surface area contributed by atoms with E-state index in [1.54, 1.807) is 18.2 Å². The Balaban J connectivity index is 2.13. The van der Waals surface area contributed by atoms with E-state index in [0.717, 1.165) is 0 Å². The minimum Gasteiger partial charge on any atom is -0.467 e. The van der Waals surface area contributed by atoms with E-state index in [9.17, 15) is 15.3 Å². The first-order valence-corrected chi connectivity index (χ1v) is 6.79. The molecular weight excluding hydrogens is 290 g/mol. The lowest BCUT2D eigenvalue weighted by Gasteiger charge is -2.17. The van der Waals surface area contributed by atoms with Crippen LogP contribution in [0.1, 0.15) is 11.7 Å². The van der Waals surface area contributed by atoms with Gasteiger partial charge in [-0.1, -0.05) is 12.1 Å². The summed E-state index contributed by atoms with van der Waals surface area (Å²) in [5, 5.41) is 29.9. The number of nitrogens with zero attached hydrogens (tertiary/aromatic N) is 2. The van der Waals surface area contributed by atoms with Crippen LogP contribution in [-0.2, 0) is 4.74 Å². The van der Waals surface area contributed by atoms with Crippen LogP contribution in [0.5, 0.6) is 6.01 Å². The fourth-order valence-electron chi connectivity index (χ4n) is 2.65. The van der Waals surface area contributed by atoms with Crippen molar-refractivity contribution in [1.82, 2.24) is 9.97 Å². The highest BCUT2D eigenvalue weighted by Gasteiger charge is 2.43.